The Hall–Kier alpha value is -0.380. The summed E-state index contributed by atoms with van der Waals surface area (Å²) in [6.07, 6.45) is 3.97. The summed E-state index contributed by atoms with van der Waals surface area (Å²) in [7, 11) is 1.76. The van der Waals surface area contributed by atoms with E-state index in [0.29, 0.717) is 11.8 Å². The van der Waals surface area contributed by atoms with Crippen LogP contribution in [-0.2, 0) is 14.2 Å². The van der Waals surface area contributed by atoms with Gasteiger partial charge in [0.25, 0.3) is 0 Å². The van der Waals surface area contributed by atoms with Gasteiger partial charge in [-0.25, -0.2) is 0 Å². The minimum absolute atomic E-state index is 0.0497. The zero-order valence-corrected chi connectivity index (χ0v) is 12.4. The van der Waals surface area contributed by atoms with E-state index in [4.69, 9.17) is 14.2 Å². The fourth-order valence-electron chi connectivity index (χ4n) is 5.15. The number of ether oxygens (including phenoxy) is 3. The highest BCUT2D eigenvalue weighted by molar-refractivity contribution is 5.30. The largest absolute Gasteiger partial charge is 0.360 e. The van der Waals surface area contributed by atoms with Gasteiger partial charge in [0, 0.05) is 12.5 Å². The highest BCUT2D eigenvalue weighted by Crippen LogP contribution is 2.74. The van der Waals surface area contributed by atoms with Gasteiger partial charge < -0.3 is 14.2 Å². The quantitative estimate of drug-likeness (QED) is 0.568. The average Bonchev–Trinajstić information content (AvgIpc) is 3.23. The summed E-state index contributed by atoms with van der Waals surface area (Å²) >= 11 is 0. The molecule has 0 bridgehead atoms. The van der Waals surface area contributed by atoms with Crippen LogP contribution in [0.15, 0.2) is 12.2 Å². The van der Waals surface area contributed by atoms with Crippen LogP contribution in [0.3, 0.4) is 0 Å². The molecule has 0 aromatic rings. The van der Waals surface area contributed by atoms with Crippen molar-refractivity contribution in [2.75, 3.05) is 7.11 Å². The molecular weight excluding hydrogens is 240 g/mol. The molecule has 2 aliphatic heterocycles. The lowest BCUT2D eigenvalue weighted by atomic mass is 9.54. The van der Waals surface area contributed by atoms with Gasteiger partial charge in [0.2, 0.25) is 5.79 Å². The van der Waals surface area contributed by atoms with Crippen LogP contribution in [0.25, 0.3) is 0 Å². The van der Waals surface area contributed by atoms with Gasteiger partial charge in [-0.2, -0.15) is 0 Å². The van der Waals surface area contributed by atoms with E-state index in [9.17, 15) is 0 Å². The molecule has 7 atom stereocenters. The Morgan fingerprint density at radius 2 is 2.00 bits per heavy atom. The van der Waals surface area contributed by atoms with Crippen LogP contribution in [-0.4, -0.2) is 30.7 Å². The van der Waals surface area contributed by atoms with Crippen molar-refractivity contribution < 1.29 is 14.2 Å². The van der Waals surface area contributed by atoms with Crippen LogP contribution in [0.1, 0.15) is 40.0 Å². The molecule has 0 spiro atoms. The van der Waals surface area contributed by atoms with Crippen LogP contribution < -0.4 is 0 Å². The molecule has 2 heterocycles. The number of epoxide rings is 2. The molecule has 0 N–H and O–H groups in total. The smallest absolute Gasteiger partial charge is 0.225 e. The lowest BCUT2D eigenvalue weighted by Gasteiger charge is -2.48. The molecule has 2 saturated heterocycles. The van der Waals surface area contributed by atoms with Crippen molar-refractivity contribution in [1.82, 2.24) is 0 Å². The van der Waals surface area contributed by atoms with Crippen LogP contribution in [0.2, 0.25) is 0 Å². The number of allylic oxidation sites excluding steroid dienone is 1. The van der Waals surface area contributed by atoms with Crippen molar-refractivity contribution in [3.63, 3.8) is 0 Å². The van der Waals surface area contributed by atoms with Gasteiger partial charge in [-0.3, -0.25) is 0 Å². The van der Waals surface area contributed by atoms with E-state index < -0.39 is 5.79 Å². The highest BCUT2D eigenvalue weighted by atomic mass is 16.8. The van der Waals surface area contributed by atoms with Crippen molar-refractivity contribution in [3.05, 3.63) is 12.2 Å². The fraction of sp³-hybridized carbons (Fsp3) is 0.875. The second-order valence-corrected chi connectivity index (χ2v) is 7.48. The molecule has 0 aromatic heterocycles. The number of fused-ring (bicyclic) bond motifs is 6. The third kappa shape index (κ3) is 1.25. The van der Waals surface area contributed by atoms with Crippen LogP contribution >= 0.6 is 0 Å². The number of rotatable bonds is 2. The Labute approximate surface area is 115 Å². The molecule has 4 aliphatic rings. The number of hydrogen-bond donors (Lipinski definition) is 0. The summed E-state index contributed by atoms with van der Waals surface area (Å²) in [6, 6.07) is 0. The summed E-state index contributed by atoms with van der Waals surface area (Å²) in [5.41, 5.74) is 1.47. The molecule has 0 amide bonds. The van der Waals surface area contributed by atoms with Crippen molar-refractivity contribution in [2.24, 2.45) is 17.3 Å². The van der Waals surface area contributed by atoms with Crippen molar-refractivity contribution in [1.29, 1.82) is 0 Å². The second kappa shape index (κ2) is 3.26. The predicted octanol–water partition coefficient (Wildman–Crippen LogP) is 2.90. The predicted molar refractivity (Wildman–Crippen MR) is 71.6 cm³/mol. The van der Waals surface area contributed by atoms with Crippen molar-refractivity contribution in [2.45, 2.75) is 63.6 Å². The zero-order chi connectivity index (χ0) is 13.6. The molecule has 0 radical (unpaired) electrons. The van der Waals surface area contributed by atoms with E-state index in [0.717, 1.165) is 0 Å². The van der Waals surface area contributed by atoms with E-state index >= 15 is 0 Å². The number of hydrogen-bond acceptors (Lipinski definition) is 3. The maximum atomic E-state index is 6.10. The molecular formula is C16H24O3. The molecule has 4 fully saturated rings. The van der Waals surface area contributed by atoms with E-state index in [-0.39, 0.29) is 23.2 Å². The first-order chi connectivity index (χ1) is 8.88. The molecule has 0 unspecified atom stereocenters. The third-order valence-corrected chi connectivity index (χ3v) is 6.47. The van der Waals surface area contributed by atoms with Gasteiger partial charge in [-0.1, -0.05) is 19.1 Å². The molecule has 3 nitrogen and oxygen atoms in total. The van der Waals surface area contributed by atoms with Gasteiger partial charge in [-0.05, 0) is 44.9 Å². The summed E-state index contributed by atoms with van der Waals surface area (Å²) < 4.78 is 17.8. The first-order valence-corrected chi connectivity index (χ1v) is 7.44. The summed E-state index contributed by atoms with van der Waals surface area (Å²) in [6.45, 7) is 11.0. The summed E-state index contributed by atoms with van der Waals surface area (Å²) in [4.78, 5) is 0. The molecule has 106 valence electrons. The van der Waals surface area contributed by atoms with Gasteiger partial charge in [0.05, 0.1) is 0 Å². The molecule has 2 saturated carbocycles. The minimum atomic E-state index is -0.434. The minimum Gasteiger partial charge on any atom is -0.360 e. The second-order valence-electron chi connectivity index (χ2n) is 7.48. The van der Waals surface area contributed by atoms with Gasteiger partial charge in [0.1, 0.15) is 17.8 Å². The summed E-state index contributed by atoms with van der Waals surface area (Å²) in [5, 5.41) is 0. The Kier molecular flexibility index (Phi) is 2.12. The van der Waals surface area contributed by atoms with E-state index in [2.05, 4.69) is 27.4 Å². The molecule has 19 heavy (non-hydrogen) atoms. The Balaban J connectivity index is 1.70. The highest BCUT2D eigenvalue weighted by Gasteiger charge is 2.87. The monoisotopic (exact) mass is 264 g/mol. The van der Waals surface area contributed by atoms with Crippen LogP contribution in [0.4, 0.5) is 0 Å². The Morgan fingerprint density at radius 1 is 1.26 bits per heavy atom. The lowest BCUT2D eigenvalue weighted by molar-refractivity contribution is -0.0405. The molecule has 3 heteroatoms. The van der Waals surface area contributed by atoms with Crippen molar-refractivity contribution in [3.8, 4) is 0 Å². The van der Waals surface area contributed by atoms with Crippen LogP contribution in [0, 0.1) is 17.3 Å². The first kappa shape index (κ1) is 12.4. The number of methoxy groups -OCH3 is 1. The topological polar surface area (TPSA) is 34.3 Å². The van der Waals surface area contributed by atoms with E-state index in [1.165, 1.54) is 24.8 Å². The molecule has 0 aromatic carbocycles. The standard InChI is InChI=1S/C16H24O3/c1-9(2)10-6-7-14(3)11(8-10)15(4)13(18-15)16(17-5)12(14)19-16/h10-13H,1,6-8H2,2-5H3/t10-,11-,12+,13+,14-,15+,16+/m0/s1. The van der Waals surface area contributed by atoms with E-state index in [1.54, 1.807) is 7.11 Å². The Bertz CT molecular complexity index is 461. The van der Waals surface area contributed by atoms with Gasteiger partial charge >= 0.3 is 0 Å². The molecule has 2 aliphatic carbocycles. The normalized spacial score (nSPS) is 61.7. The SMILES string of the molecule is C=C(C)[C@H]1CC[C@]2(C)[C@H]3O[C@@]3(OC)[C@@H]3O[C@]3(C)[C@H]2C1. The van der Waals surface area contributed by atoms with E-state index in [1.807, 2.05) is 0 Å². The van der Waals surface area contributed by atoms with Crippen LogP contribution in [0.5, 0.6) is 0 Å². The van der Waals surface area contributed by atoms with Crippen molar-refractivity contribution >= 4 is 0 Å². The Morgan fingerprint density at radius 3 is 2.63 bits per heavy atom. The zero-order valence-electron chi connectivity index (χ0n) is 12.4. The third-order valence-electron chi connectivity index (χ3n) is 6.47. The molecule has 4 rings (SSSR count). The maximum absolute atomic E-state index is 6.10. The maximum Gasteiger partial charge on any atom is 0.225 e. The van der Waals surface area contributed by atoms with Gasteiger partial charge in [-0.15, -0.1) is 0 Å². The van der Waals surface area contributed by atoms with Gasteiger partial charge in [0.15, 0.2) is 0 Å². The lowest BCUT2D eigenvalue weighted by Crippen LogP contribution is -2.54. The summed E-state index contributed by atoms with van der Waals surface area (Å²) in [5.74, 6) is 0.778. The average molecular weight is 264 g/mol. The fourth-order valence-corrected chi connectivity index (χ4v) is 5.15. The first-order valence-electron chi connectivity index (χ1n) is 7.44.